The number of hydrogen-bond acceptors (Lipinski definition) is 2. The lowest BCUT2D eigenvalue weighted by Crippen LogP contribution is -2.11. The van der Waals surface area contributed by atoms with Crippen molar-refractivity contribution in [3.63, 3.8) is 0 Å². The molecule has 0 fully saturated rings. The second kappa shape index (κ2) is 4.16. The highest BCUT2D eigenvalue weighted by Gasteiger charge is 2.21. The fourth-order valence-electron chi connectivity index (χ4n) is 1.53. The van der Waals surface area contributed by atoms with Gasteiger partial charge in [-0.25, -0.2) is 0 Å². The first-order chi connectivity index (χ1) is 6.49. The normalized spacial score (nSPS) is 12.4. The molecule has 0 radical (unpaired) electrons. The number of nitrogens with zero attached hydrogens (tertiary/aromatic N) is 1. The van der Waals surface area contributed by atoms with Crippen molar-refractivity contribution in [3.8, 4) is 0 Å². The van der Waals surface area contributed by atoms with E-state index in [1.807, 2.05) is 0 Å². The second-order valence-corrected chi connectivity index (χ2v) is 4.88. The SMILES string of the molecule is CCC(CC)c1cc(C(C)(C)C)no1. The van der Waals surface area contributed by atoms with Gasteiger partial charge in [0.15, 0.2) is 0 Å². The Morgan fingerprint density at radius 3 is 2.21 bits per heavy atom. The van der Waals surface area contributed by atoms with E-state index < -0.39 is 0 Å². The van der Waals surface area contributed by atoms with Gasteiger partial charge in [-0.1, -0.05) is 39.8 Å². The van der Waals surface area contributed by atoms with Crippen molar-refractivity contribution in [1.29, 1.82) is 0 Å². The van der Waals surface area contributed by atoms with Gasteiger partial charge in [0, 0.05) is 17.4 Å². The maximum atomic E-state index is 5.39. The van der Waals surface area contributed by atoms with Crippen molar-refractivity contribution in [3.05, 3.63) is 17.5 Å². The molecule has 0 N–H and O–H groups in total. The topological polar surface area (TPSA) is 26.0 Å². The van der Waals surface area contributed by atoms with Crippen LogP contribution in [0, 0.1) is 0 Å². The Bertz CT molecular complexity index is 279. The van der Waals surface area contributed by atoms with E-state index in [9.17, 15) is 0 Å². The van der Waals surface area contributed by atoms with Crippen molar-refractivity contribution in [2.75, 3.05) is 0 Å². The second-order valence-electron chi connectivity index (χ2n) is 4.88. The zero-order valence-corrected chi connectivity index (χ0v) is 9.92. The predicted molar refractivity (Wildman–Crippen MR) is 58.5 cm³/mol. The molecule has 0 amide bonds. The molecule has 0 aromatic carbocycles. The summed E-state index contributed by atoms with van der Waals surface area (Å²) in [6.45, 7) is 10.8. The highest BCUT2D eigenvalue weighted by Crippen LogP contribution is 2.28. The van der Waals surface area contributed by atoms with Crippen LogP contribution in [0.1, 0.15) is 64.8 Å². The first-order valence-electron chi connectivity index (χ1n) is 5.46. The smallest absolute Gasteiger partial charge is 0.140 e. The molecule has 1 aromatic heterocycles. The molecular weight excluding hydrogens is 174 g/mol. The van der Waals surface area contributed by atoms with E-state index in [1.54, 1.807) is 0 Å². The highest BCUT2D eigenvalue weighted by atomic mass is 16.5. The van der Waals surface area contributed by atoms with Crippen molar-refractivity contribution in [2.45, 2.75) is 58.8 Å². The Balaban J connectivity index is 2.87. The predicted octanol–water partition coefficient (Wildman–Crippen LogP) is 3.88. The molecule has 2 heteroatoms. The van der Waals surface area contributed by atoms with Crippen molar-refractivity contribution in [2.24, 2.45) is 0 Å². The molecule has 14 heavy (non-hydrogen) atoms. The maximum Gasteiger partial charge on any atom is 0.140 e. The van der Waals surface area contributed by atoms with E-state index >= 15 is 0 Å². The lowest BCUT2D eigenvalue weighted by Gasteiger charge is -2.12. The van der Waals surface area contributed by atoms with Gasteiger partial charge < -0.3 is 4.52 Å². The van der Waals surface area contributed by atoms with Crippen LogP contribution in [-0.4, -0.2) is 5.16 Å². The summed E-state index contributed by atoms with van der Waals surface area (Å²) in [4.78, 5) is 0. The van der Waals surface area contributed by atoms with E-state index in [2.05, 4.69) is 45.8 Å². The molecular formula is C12H21NO. The Morgan fingerprint density at radius 1 is 1.29 bits per heavy atom. The quantitative estimate of drug-likeness (QED) is 0.731. The summed E-state index contributed by atoms with van der Waals surface area (Å²) in [7, 11) is 0. The number of rotatable bonds is 3. The van der Waals surface area contributed by atoms with Gasteiger partial charge in [0.25, 0.3) is 0 Å². The average Bonchev–Trinajstić information content (AvgIpc) is 2.54. The summed E-state index contributed by atoms with van der Waals surface area (Å²) < 4.78 is 5.39. The van der Waals surface area contributed by atoms with Gasteiger partial charge in [0.05, 0.1) is 5.69 Å². The summed E-state index contributed by atoms with van der Waals surface area (Å²) >= 11 is 0. The molecule has 0 aliphatic carbocycles. The minimum Gasteiger partial charge on any atom is -0.361 e. The van der Waals surface area contributed by atoms with E-state index in [1.165, 1.54) is 0 Å². The third kappa shape index (κ3) is 2.37. The van der Waals surface area contributed by atoms with Crippen molar-refractivity contribution >= 4 is 0 Å². The van der Waals surface area contributed by atoms with E-state index in [0.29, 0.717) is 5.92 Å². The highest BCUT2D eigenvalue weighted by molar-refractivity contribution is 5.16. The van der Waals surface area contributed by atoms with Crippen LogP contribution in [0.15, 0.2) is 10.6 Å². The minimum atomic E-state index is 0.0911. The fourth-order valence-corrected chi connectivity index (χ4v) is 1.53. The summed E-state index contributed by atoms with van der Waals surface area (Å²) in [5, 5.41) is 4.13. The summed E-state index contributed by atoms with van der Waals surface area (Å²) in [6, 6.07) is 2.11. The van der Waals surface area contributed by atoms with Crippen LogP contribution in [0.4, 0.5) is 0 Å². The molecule has 0 aliphatic heterocycles. The van der Waals surface area contributed by atoms with Crippen LogP contribution in [0.3, 0.4) is 0 Å². The molecule has 0 spiro atoms. The molecule has 0 unspecified atom stereocenters. The Kier molecular flexibility index (Phi) is 3.35. The maximum absolute atomic E-state index is 5.39. The third-order valence-corrected chi connectivity index (χ3v) is 2.68. The number of aromatic nitrogens is 1. The molecule has 0 atom stereocenters. The van der Waals surface area contributed by atoms with Gasteiger partial charge in [0.1, 0.15) is 5.76 Å². The standard InChI is InChI=1S/C12H21NO/c1-6-9(7-2)10-8-11(13-14-10)12(3,4)5/h8-9H,6-7H2,1-5H3. The Labute approximate surface area is 86.7 Å². The van der Waals surface area contributed by atoms with Crippen molar-refractivity contribution in [1.82, 2.24) is 5.16 Å². The first-order valence-corrected chi connectivity index (χ1v) is 5.46. The van der Waals surface area contributed by atoms with Crippen LogP contribution in [-0.2, 0) is 5.41 Å². The van der Waals surface area contributed by atoms with Gasteiger partial charge in [-0.3, -0.25) is 0 Å². The first kappa shape index (κ1) is 11.3. The Morgan fingerprint density at radius 2 is 1.86 bits per heavy atom. The van der Waals surface area contributed by atoms with E-state index in [0.717, 1.165) is 24.3 Å². The molecule has 0 saturated carbocycles. The summed E-state index contributed by atoms with van der Waals surface area (Å²) in [6.07, 6.45) is 2.24. The van der Waals surface area contributed by atoms with Crippen molar-refractivity contribution < 1.29 is 4.52 Å². The van der Waals surface area contributed by atoms with Crippen LogP contribution >= 0.6 is 0 Å². The van der Waals surface area contributed by atoms with Gasteiger partial charge in [-0.15, -0.1) is 0 Å². The number of hydrogen-bond donors (Lipinski definition) is 0. The van der Waals surface area contributed by atoms with Crippen LogP contribution < -0.4 is 0 Å². The average molecular weight is 195 g/mol. The van der Waals surface area contributed by atoms with Crippen LogP contribution in [0.2, 0.25) is 0 Å². The van der Waals surface area contributed by atoms with E-state index in [4.69, 9.17) is 4.52 Å². The lowest BCUT2D eigenvalue weighted by atomic mass is 9.91. The molecule has 0 saturated heterocycles. The van der Waals surface area contributed by atoms with Gasteiger partial charge in [-0.2, -0.15) is 0 Å². The largest absolute Gasteiger partial charge is 0.361 e. The summed E-state index contributed by atoms with van der Waals surface area (Å²) in [5.74, 6) is 1.57. The van der Waals surface area contributed by atoms with Crippen LogP contribution in [0.25, 0.3) is 0 Å². The lowest BCUT2D eigenvalue weighted by molar-refractivity contribution is 0.340. The fraction of sp³-hybridized carbons (Fsp3) is 0.750. The third-order valence-electron chi connectivity index (χ3n) is 2.68. The van der Waals surface area contributed by atoms with E-state index in [-0.39, 0.29) is 5.41 Å². The molecule has 0 bridgehead atoms. The van der Waals surface area contributed by atoms with Gasteiger partial charge in [0.2, 0.25) is 0 Å². The zero-order chi connectivity index (χ0) is 10.8. The zero-order valence-electron chi connectivity index (χ0n) is 9.92. The van der Waals surface area contributed by atoms with Gasteiger partial charge >= 0.3 is 0 Å². The monoisotopic (exact) mass is 195 g/mol. The van der Waals surface area contributed by atoms with Crippen LogP contribution in [0.5, 0.6) is 0 Å². The molecule has 1 aromatic rings. The molecule has 1 heterocycles. The molecule has 80 valence electrons. The molecule has 1 rings (SSSR count). The Hall–Kier alpha value is -0.790. The van der Waals surface area contributed by atoms with Gasteiger partial charge in [-0.05, 0) is 12.8 Å². The minimum absolute atomic E-state index is 0.0911. The molecule has 0 aliphatic rings. The summed E-state index contributed by atoms with van der Waals surface area (Å²) in [5.41, 5.74) is 1.15. The molecule has 2 nitrogen and oxygen atoms in total.